The first-order chi connectivity index (χ1) is 15.2. The monoisotopic (exact) mass is 462 g/mol. The molecule has 1 aromatic carbocycles. The normalized spacial score (nSPS) is 11.7. The molecule has 0 fully saturated rings. The largest absolute Gasteiger partial charge is 0.444 e. The summed E-state index contributed by atoms with van der Waals surface area (Å²) in [6.07, 6.45) is -0.633. The molecule has 32 heavy (non-hydrogen) atoms. The second kappa shape index (κ2) is 12.0. The molecule has 11 heteroatoms. The van der Waals surface area contributed by atoms with E-state index in [0.717, 1.165) is 16.8 Å². The van der Waals surface area contributed by atoms with Crippen LogP contribution in [0.2, 0.25) is 0 Å². The number of hydrogen-bond donors (Lipinski definition) is 4. The minimum atomic E-state index is -0.633. The van der Waals surface area contributed by atoms with E-state index in [1.54, 1.807) is 27.9 Å². The van der Waals surface area contributed by atoms with Crippen molar-refractivity contribution >= 4 is 34.4 Å². The lowest BCUT2D eigenvalue weighted by atomic mass is 10.1. The lowest BCUT2D eigenvalue weighted by Gasteiger charge is -2.19. The highest BCUT2D eigenvalue weighted by molar-refractivity contribution is 7.13. The number of nitrogens with one attached hydrogen (secondary N) is 3. The standard InChI is InChI=1S/C21H30N6O4S/c1-21(2,3)31-20(29)25-12-17(28)24-11-14-6-5-7-15(10-14)16-13-32-19(26-16)27-18(22)23-8-9-30-4/h5-7,10,13H,8-9,11-12H2,1-4H3,(H,24,28)(H,25,29)(H3,22,23,26,27). The Morgan fingerprint density at radius 1 is 1.22 bits per heavy atom. The fourth-order valence-electron chi connectivity index (χ4n) is 2.44. The van der Waals surface area contributed by atoms with E-state index < -0.39 is 11.7 Å². The summed E-state index contributed by atoms with van der Waals surface area (Å²) in [5.74, 6) is -0.0394. The molecule has 0 bridgehead atoms. The number of nitrogens with zero attached hydrogens (tertiary/aromatic N) is 2. The molecule has 174 valence electrons. The van der Waals surface area contributed by atoms with Crippen LogP contribution in [0.15, 0.2) is 34.6 Å². The summed E-state index contributed by atoms with van der Waals surface area (Å²) in [5.41, 5.74) is 7.77. The summed E-state index contributed by atoms with van der Waals surface area (Å²) in [4.78, 5) is 32.4. The molecule has 2 aromatic rings. The maximum Gasteiger partial charge on any atom is 0.408 e. The van der Waals surface area contributed by atoms with Gasteiger partial charge in [-0.3, -0.25) is 4.79 Å². The Balaban J connectivity index is 1.88. The van der Waals surface area contributed by atoms with Crippen LogP contribution < -0.4 is 21.7 Å². The maximum absolute atomic E-state index is 12.0. The molecule has 0 saturated carbocycles. The summed E-state index contributed by atoms with van der Waals surface area (Å²) in [5, 5.41) is 10.6. The van der Waals surface area contributed by atoms with Crippen LogP contribution >= 0.6 is 11.3 Å². The average Bonchev–Trinajstić information content (AvgIpc) is 3.18. The van der Waals surface area contributed by atoms with Crippen LogP contribution in [-0.2, 0) is 20.8 Å². The summed E-state index contributed by atoms with van der Waals surface area (Å²) in [7, 11) is 1.61. The van der Waals surface area contributed by atoms with Crippen LogP contribution in [-0.4, -0.2) is 55.4 Å². The van der Waals surface area contributed by atoms with Crippen LogP contribution in [0.5, 0.6) is 0 Å². The van der Waals surface area contributed by atoms with Gasteiger partial charge in [-0.05, 0) is 32.4 Å². The van der Waals surface area contributed by atoms with Gasteiger partial charge in [0.2, 0.25) is 11.0 Å². The number of carbonyl (C=O) groups is 2. The second-order valence-corrected chi connectivity index (χ2v) is 8.60. The topological polar surface area (TPSA) is 140 Å². The zero-order valence-electron chi connectivity index (χ0n) is 18.7. The predicted molar refractivity (Wildman–Crippen MR) is 125 cm³/mol. The van der Waals surface area contributed by atoms with Gasteiger partial charge in [0.05, 0.1) is 12.3 Å². The number of benzene rings is 1. The van der Waals surface area contributed by atoms with Crippen molar-refractivity contribution in [2.24, 2.45) is 10.7 Å². The van der Waals surface area contributed by atoms with Crippen LogP contribution in [0, 0.1) is 0 Å². The minimum Gasteiger partial charge on any atom is -0.444 e. The van der Waals surface area contributed by atoms with Gasteiger partial charge in [-0.2, -0.15) is 4.99 Å². The molecule has 0 spiro atoms. The van der Waals surface area contributed by atoms with Gasteiger partial charge >= 0.3 is 6.09 Å². The lowest BCUT2D eigenvalue weighted by molar-refractivity contribution is -0.120. The van der Waals surface area contributed by atoms with E-state index in [1.807, 2.05) is 29.6 Å². The lowest BCUT2D eigenvalue weighted by Crippen LogP contribution is -2.39. The molecule has 1 aromatic heterocycles. The number of nitrogens with two attached hydrogens (primary N) is 1. The quantitative estimate of drug-likeness (QED) is 0.254. The van der Waals surface area contributed by atoms with Gasteiger partial charge < -0.3 is 31.2 Å². The van der Waals surface area contributed by atoms with Crippen LogP contribution in [0.4, 0.5) is 9.93 Å². The SMILES string of the molecule is COCCN/C(N)=N/c1nc(-c2cccc(CNC(=O)CNC(=O)OC(C)(C)C)c2)cs1. The molecule has 0 atom stereocenters. The Labute approximate surface area is 191 Å². The number of ether oxygens (including phenoxy) is 2. The number of methoxy groups -OCH3 is 1. The third kappa shape index (κ3) is 9.31. The maximum atomic E-state index is 12.0. The van der Waals surface area contributed by atoms with Gasteiger partial charge in [0.15, 0.2) is 5.96 Å². The Hall–Kier alpha value is -3.18. The number of aliphatic imine (C=N–C) groups is 1. The first kappa shape index (κ1) is 25.1. The van der Waals surface area contributed by atoms with Crippen molar-refractivity contribution in [3.05, 3.63) is 35.2 Å². The highest BCUT2D eigenvalue weighted by Gasteiger charge is 2.16. The third-order valence-electron chi connectivity index (χ3n) is 3.83. The molecule has 2 rings (SSSR count). The smallest absolute Gasteiger partial charge is 0.408 e. The Morgan fingerprint density at radius 3 is 2.72 bits per heavy atom. The Bertz CT molecular complexity index is 938. The number of alkyl carbamates (subject to hydrolysis) is 1. The minimum absolute atomic E-state index is 0.165. The summed E-state index contributed by atoms with van der Waals surface area (Å²) in [6.45, 7) is 6.51. The van der Waals surface area contributed by atoms with Crippen LogP contribution in [0.25, 0.3) is 11.3 Å². The summed E-state index contributed by atoms with van der Waals surface area (Å²) >= 11 is 1.38. The van der Waals surface area contributed by atoms with Crippen molar-refractivity contribution in [1.29, 1.82) is 0 Å². The fourth-order valence-corrected chi connectivity index (χ4v) is 3.15. The van der Waals surface area contributed by atoms with E-state index in [-0.39, 0.29) is 18.4 Å². The van der Waals surface area contributed by atoms with E-state index in [1.165, 1.54) is 11.3 Å². The first-order valence-corrected chi connectivity index (χ1v) is 10.9. The summed E-state index contributed by atoms with van der Waals surface area (Å²) < 4.78 is 10.1. The fraction of sp³-hybridized carbons (Fsp3) is 0.429. The number of amides is 2. The highest BCUT2D eigenvalue weighted by Crippen LogP contribution is 2.27. The third-order valence-corrected chi connectivity index (χ3v) is 4.56. The first-order valence-electron chi connectivity index (χ1n) is 10.0. The van der Waals surface area contributed by atoms with Crippen molar-refractivity contribution in [2.75, 3.05) is 26.8 Å². The van der Waals surface area contributed by atoms with Gasteiger partial charge in [-0.15, -0.1) is 11.3 Å². The van der Waals surface area contributed by atoms with Crippen LogP contribution in [0.1, 0.15) is 26.3 Å². The van der Waals surface area contributed by atoms with E-state index in [4.69, 9.17) is 15.2 Å². The van der Waals surface area contributed by atoms with Gasteiger partial charge in [0.1, 0.15) is 12.1 Å². The van der Waals surface area contributed by atoms with E-state index in [0.29, 0.717) is 24.8 Å². The number of hydrogen-bond acceptors (Lipinski definition) is 7. The van der Waals surface area contributed by atoms with Gasteiger partial charge in [-0.25, -0.2) is 9.78 Å². The van der Waals surface area contributed by atoms with Crippen molar-refractivity contribution in [3.63, 3.8) is 0 Å². The van der Waals surface area contributed by atoms with Crippen molar-refractivity contribution < 1.29 is 19.1 Å². The van der Waals surface area contributed by atoms with Crippen molar-refractivity contribution in [3.8, 4) is 11.3 Å². The van der Waals surface area contributed by atoms with Crippen molar-refractivity contribution in [2.45, 2.75) is 32.9 Å². The average molecular weight is 463 g/mol. The molecule has 0 aliphatic rings. The van der Waals surface area contributed by atoms with Gasteiger partial charge in [0.25, 0.3) is 0 Å². The van der Waals surface area contributed by atoms with Gasteiger partial charge in [0, 0.05) is 31.1 Å². The van der Waals surface area contributed by atoms with E-state index in [2.05, 4.69) is 25.9 Å². The molecule has 0 saturated heterocycles. The molecule has 0 radical (unpaired) electrons. The number of thiazole rings is 1. The molecule has 1 heterocycles. The molecule has 0 aliphatic heterocycles. The molecular weight excluding hydrogens is 432 g/mol. The molecule has 0 unspecified atom stereocenters. The molecule has 5 N–H and O–H groups in total. The zero-order chi connectivity index (χ0) is 23.6. The highest BCUT2D eigenvalue weighted by atomic mass is 32.1. The van der Waals surface area contributed by atoms with Crippen LogP contribution in [0.3, 0.4) is 0 Å². The Morgan fingerprint density at radius 2 is 2.00 bits per heavy atom. The predicted octanol–water partition coefficient (Wildman–Crippen LogP) is 2.13. The zero-order valence-corrected chi connectivity index (χ0v) is 19.5. The Kier molecular flexibility index (Phi) is 9.41. The number of rotatable bonds is 9. The molecular formula is C21H30N6O4S. The van der Waals surface area contributed by atoms with Crippen molar-refractivity contribution in [1.82, 2.24) is 20.9 Å². The number of carbonyl (C=O) groups excluding carboxylic acids is 2. The van der Waals surface area contributed by atoms with Gasteiger partial charge in [-0.1, -0.05) is 18.2 Å². The number of aromatic nitrogens is 1. The molecule has 0 aliphatic carbocycles. The number of guanidine groups is 1. The molecule has 10 nitrogen and oxygen atoms in total. The summed E-state index contributed by atoms with van der Waals surface area (Å²) in [6, 6.07) is 7.65. The van der Waals surface area contributed by atoms with E-state index in [9.17, 15) is 9.59 Å². The van der Waals surface area contributed by atoms with E-state index >= 15 is 0 Å². The molecule has 2 amide bonds. The second-order valence-electron chi connectivity index (χ2n) is 7.76.